The topological polar surface area (TPSA) is 43.7 Å². The Hall–Kier alpha value is -2.39. The highest BCUT2D eigenvalue weighted by Gasteiger charge is 2.40. The van der Waals surface area contributed by atoms with Gasteiger partial charge in [0.15, 0.2) is 0 Å². The minimum absolute atomic E-state index is 0.0497. The number of aromatic nitrogens is 1. The van der Waals surface area contributed by atoms with Crippen molar-refractivity contribution in [2.24, 2.45) is 0 Å². The lowest BCUT2D eigenvalue weighted by Crippen LogP contribution is -2.42. The summed E-state index contributed by atoms with van der Waals surface area (Å²) >= 11 is 0. The third-order valence-electron chi connectivity index (χ3n) is 5.45. The monoisotopic (exact) mass is 426 g/mol. The van der Waals surface area contributed by atoms with Crippen molar-refractivity contribution in [3.05, 3.63) is 47.5 Å². The van der Waals surface area contributed by atoms with E-state index in [0.717, 1.165) is 17.1 Å². The molecule has 0 radical (unpaired) electrons. The Morgan fingerprint density at radius 2 is 1.80 bits per heavy atom. The van der Waals surface area contributed by atoms with Crippen molar-refractivity contribution in [2.45, 2.75) is 31.7 Å². The van der Waals surface area contributed by atoms with Crippen molar-refractivity contribution < 1.29 is 31.8 Å². The van der Waals surface area contributed by atoms with Crippen LogP contribution in [0, 0.1) is 5.82 Å². The fourth-order valence-electron chi connectivity index (χ4n) is 3.96. The molecule has 4 rings (SSSR count). The zero-order valence-corrected chi connectivity index (χ0v) is 16.3. The van der Waals surface area contributed by atoms with Gasteiger partial charge in [0, 0.05) is 31.8 Å². The molecule has 1 unspecified atom stereocenters. The fraction of sp³-hybridized carbons (Fsp3) is 0.476. The molecule has 2 aromatic rings. The van der Waals surface area contributed by atoms with Crippen LogP contribution < -0.4 is 0 Å². The fourth-order valence-corrected chi connectivity index (χ4v) is 3.96. The lowest BCUT2D eigenvalue weighted by Gasteiger charge is -2.28. The molecule has 2 aliphatic rings. The lowest BCUT2D eigenvalue weighted by molar-refractivity contribution is -0.144. The number of rotatable bonds is 4. The van der Waals surface area contributed by atoms with Crippen LogP contribution in [-0.4, -0.2) is 54.4 Å². The predicted octanol–water partition coefficient (Wildman–Crippen LogP) is 3.96. The number of hydrogen-bond donors (Lipinski definition) is 0. The summed E-state index contributed by atoms with van der Waals surface area (Å²) < 4.78 is 67.1. The lowest BCUT2D eigenvalue weighted by atomic mass is 10.0. The van der Waals surface area contributed by atoms with Gasteiger partial charge in [0.05, 0.1) is 19.3 Å². The number of amides is 1. The van der Waals surface area contributed by atoms with Crippen molar-refractivity contribution in [3.8, 4) is 11.1 Å². The van der Waals surface area contributed by atoms with Crippen LogP contribution in [0.25, 0.3) is 11.1 Å². The Balaban J connectivity index is 1.85. The number of morpholine rings is 1. The molecular formula is C21H22F4N2O3. The van der Waals surface area contributed by atoms with Crippen LogP contribution in [0.2, 0.25) is 0 Å². The minimum atomic E-state index is -4.66. The Bertz CT molecular complexity index is 896. The van der Waals surface area contributed by atoms with E-state index in [1.165, 1.54) is 29.2 Å². The van der Waals surface area contributed by atoms with Gasteiger partial charge in [-0.15, -0.1) is 0 Å². The van der Waals surface area contributed by atoms with Gasteiger partial charge in [-0.1, -0.05) is 12.1 Å². The van der Waals surface area contributed by atoms with Crippen molar-refractivity contribution >= 4 is 5.91 Å². The third kappa shape index (κ3) is 4.22. The van der Waals surface area contributed by atoms with Gasteiger partial charge >= 0.3 is 6.18 Å². The summed E-state index contributed by atoms with van der Waals surface area (Å²) in [6.07, 6.45) is -3.65. The first kappa shape index (κ1) is 20.9. The van der Waals surface area contributed by atoms with E-state index in [-0.39, 0.29) is 17.8 Å². The first-order valence-electron chi connectivity index (χ1n) is 9.90. The van der Waals surface area contributed by atoms with Gasteiger partial charge in [-0.05, 0) is 36.6 Å². The van der Waals surface area contributed by atoms with Gasteiger partial charge in [-0.2, -0.15) is 13.2 Å². The van der Waals surface area contributed by atoms with Gasteiger partial charge in [0.2, 0.25) is 0 Å². The average molecular weight is 426 g/mol. The molecule has 0 aliphatic carbocycles. The average Bonchev–Trinajstić information content (AvgIpc) is 3.37. The third-order valence-corrected chi connectivity index (χ3v) is 5.45. The minimum Gasteiger partial charge on any atom is -0.378 e. The number of carbonyl (C=O) groups is 1. The van der Waals surface area contributed by atoms with E-state index < -0.39 is 29.7 Å². The molecule has 5 nitrogen and oxygen atoms in total. The molecule has 0 spiro atoms. The zero-order valence-electron chi connectivity index (χ0n) is 16.3. The number of carbonyl (C=O) groups excluding carboxylic acids is 1. The van der Waals surface area contributed by atoms with E-state index in [1.54, 1.807) is 0 Å². The van der Waals surface area contributed by atoms with Crippen LogP contribution in [0.1, 0.15) is 29.0 Å². The second-order valence-electron chi connectivity index (χ2n) is 7.45. The van der Waals surface area contributed by atoms with Crippen LogP contribution in [0.5, 0.6) is 0 Å². The number of hydrogen-bond acceptors (Lipinski definition) is 3. The van der Waals surface area contributed by atoms with Crippen LogP contribution in [-0.2, 0) is 22.2 Å². The largest absolute Gasteiger partial charge is 0.431 e. The predicted molar refractivity (Wildman–Crippen MR) is 101 cm³/mol. The maximum Gasteiger partial charge on any atom is 0.431 e. The van der Waals surface area contributed by atoms with Gasteiger partial charge in [0.25, 0.3) is 5.91 Å². The summed E-state index contributed by atoms with van der Waals surface area (Å²) in [6, 6.07) is 6.09. The molecule has 2 aliphatic heterocycles. The van der Waals surface area contributed by atoms with Crippen LogP contribution in [0.4, 0.5) is 17.6 Å². The highest BCUT2D eigenvalue weighted by Crippen LogP contribution is 2.38. The summed E-state index contributed by atoms with van der Waals surface area (Å²) in [5.74, 6) is -0.999. The molecule has 0 N–H and O–H groups in total. The Morgan fingerprint density at radius 1 is 1.10 bits per heavy atom. The molecule has 0 saturated carbocycles. The van der Waals surface area contributed by atoms with Crippen LogP contribution in [0.15, 0.2) is 30.3 Å². The van der Waals surface area contributed by atoms with E-state index in [1.807, 2.05) is 0 Å². The summed E-state index contributed by atoms with van der Waals surface area (Å²) in [5.41, 5.74) is -0.471. The summed E-state index contributed by atoms with van der Waals surface area (Å²) in [4.78, 5) is 14.9. The molecule has 1 amide bonds. The van der Waals surface area contributed by atoms with Gasteiger partial charge < -0.3 is 18.9 Å². The molecular weight excluding hydrogens is 404 g/mol. The second-order valence-corrected chi connectivity index (χ2v) is 7.45. The van der Waals surface area contributed by atoms with E-state index in [2.05, 4.69) is 0 Å². The van der Waals surface area contributed by atoms with Gasteiger partial charge in [0.1, 0.15) is 17.2 Å². The quantitative estimate of drug-likeness (QED) is 0.695. The smallest absolute Gasteiger partial charge is 0.378 e. The van der Waals surface area contributed by atoms with Gasteiger partial charge in [-0.25, -0.2) is 4.39 Å². The Labute approximate surface area is 171 Å². The molecule has 2 saturated heterocycles. The SMILES string of the molecule is O=C(c1c(-c2ccc(F)cc2)cc(C(F)(F)F)n1CC1CCCO1)N1CCOCC1. The Morgan fingerprint density at radius 3 is 2.40 bits per heavy atom. The number of benzene rings is 1. The van der Waals surface area contributed by atoms with E-state index in [0.29, 0.717) is 44.9 Å². The maximum atomic E-state index is 13.9. The van der Waals surface area contributed by atoms with Crippen LogP contribution >= 0.6 is 0 Å². The Kier molecular flexibility index (Phi) is 5.84. The van der Waals surface area contributed by atoms with Crippen molar-refractivity contribution in [1.82, 2.24) is 9.47 Å². The van der Waals surface area contributed by atoms with E-state index in [9.17, 15) is 22.4 Å². The maximum absolute atomic E-state index is 13.9. The molecule has 9 heteroatoms. The molecule has 162 valence electrons. The normalized spacial score (nSPS) is 20.0. The number of nitrogens with zero attached hydrogens (tertiary/aromatic N) is 2. The van der Waals surface area contributed by atoms with Gasteiger partial charge in [-0.3, -0.25) is 4.79 Å². The number of ether oxygens (including phenoxy) is 2. The highest BCUT2D eigenvalue weighted by atomic mass is 19.4. The molecule has 30 heavy (non-hydrogen) atoms. The molecule has 3 heterocycles. The first-order chi connectivity index (χ1) is 14.3. The zero-order chi connectivity index (χ0) is 21.3. The van der Waals surface area contributed by atoms with E-state index in [4.69, 9.17) is 9.47 Å². The summed E-state index contributed by atoms with van der Waals surface area (Å²) in [7, 11) is 0. The molecule has 1 aromatic heterocycles. The summed E-state index contributed by atoms with van der Waals surface area (Å²) in [5, 5.41) is 0. The summed E-state index contributed by atoms with van der Waals surface area (Å²) in [6.45, 7) is 1.68. The van der Waals surface area contributed by atoms with Crippen molar-refractivity contribution in [1.29, 1.82) is 0 Å². The first-order valence-corrected chi connectivity index (χ1v) is 9.90. The van der Waals surface area contributed by atoms with Crippen molar-refractivity contribution in [3.63, 3.8) is 0 Å². The number of halogens is 4. The number of alkyl halides is 3. The molecule has 1 aromatic carbocycles. The molecule has 1 atom stereocenters. The second kappa shape index (κ2) is 8.39. The highest BCUT2D eigenvalue weighted by molar-refractivity contribution is 6.00. The molecule has 0 bridgehead atoms. The standard InChI is InChI=1S/C21H22F4N2O3/c22-15-5-3-14(4-6-15)17-12-18(21(23,24)25)27(13-16-2-1-9-30-16)19(17)20(28)26-7-10-29-11-8-26/h3-6,12,16H,1-2,7-11,13H2. The molecule has 2 fully saturated rings. The van der Waals surface area contributed by atoms with Crippen LogP contribution in [0.3, 0.4) is 0 Å². The van der Waals surface area contributed by atoms with E-state index >= 15 is 0 Å². The van der Waals surface area contributed by atoms with Crippen molar-refractivity contribution in [2.75, 3.05) is 32.9 Å².